The summed E-state index contributed by atoms with van der Waals surface area (Å²) in [5.74, 6) is -0.000516. The summed E-state index contributed by atoms with van der Waals surface area (Å²) in [7, 11) is 3.74. The number of nitrogens with one attached hydrogen (secondary N) is 1. The van der Waals surface area contributed by atoms with E-state index in [0.29, 0.717) is 18.3 Å². The number of nitrogens with two attached hydrogens (primary N) is 1. The third-order valence-corrected chi connectivity index (χ3v) is 2.69. The Balaban J connectivity index is 2.68. The second-order valence-corrected chi connectivity index (χ2v) is 4.18. The molecule has 0 aliphatic rings. The molecule has 0 bridgehead atoms. The van der Waals surface area contributed by atoms with Gasteiger partial charge in [-0.3, -0.25) is 15.3 Å². The molecule has 0 aliphatic carbocycles. The number of rotatable bonds is 6. The van der Waals surface area contributed by atoms with Crippen molar-refractivity contribution in [3.05, 3.63) is 29.6 Å². The van der Waals surface area contributed by atoms with E-state index >= 15 is 0 Å². The lowest BCUT2D eigenvalue weighted by Crippen LogP contribution is -2.32. The average Bonchev–Trinajstić information content (AvgIpc) is 2.29. The van der Waals surface area contributed by atoms with Gasteiger partial charge in [0.1, 0.15) is 11.5 Å². The van der Waals surface area contributed by atoms with Gasteiger partial charge >= 0.3 is 0 Å². The highest BCUT2D eigenvalue weighted by Crippen LogP contribution is 2.07. The van der Waals surface area contributed by atoms with Crippen molar-refractivity contribution in [2.75, 3.05) is 20.8 Å². The number of methoxy groups -OCH3 is 1. The smallest absolute Gasteiger partial charge is 0.141 e. The number of likely N-dealkylation sites (N-methyl/N-ethyl adjacent to an activating group) is 1. The van der Waals surface area contributed by atoms with Crippen molar-refractivity contribution in [3.8, 4) is 0 Å². The maximum absolute atomic E-state index is 7.35. The van der Waals surface area contributed by atoms with Gasteiger partial charge < -0.3 is 10.5 Å². The van der Waals surface area contributed by atoms with Crippen LogP contribution >= 0.6 is 0 Å². The molecule has 0 amide bonds. The van der Waals surface area contributed by atoms with Crippen LogP contribution in [-0.2, 0) is 11.3 Å². The molecule has 0 aromatic carbocycles. The van der Waals surface area contributed by atoms with E-state index in [1.165, 1.54) is 0 Å². The molecule has 0 saturated carbocycles. The standard InChI is InChI=1S/C12H20N4O/c1-9(8-17-3)16(2)7-10-4-5-15-11(6-10)12(13)14/h4-6,9H,7-8H2,1-3H3,(H3,13,14). The summed E-state index contributed by atoms with van der Waals surface area (Å²) >= 11 is 0. The van der Waals surface area contributed by atoms with Crippen molar-refractivity contribution < 1.29 is 4.74 Å². The number of ether oxygens (including phenoxy) is 1. The third kappa shape index (κ3) is 4.13. The summed E-state index contributed by atoms with van der Waals surface area (Å²) in [6, 6.07) is 4.12. The molecule has 1 aromatic rings. The first-order valence-corrected chi connectivity index (χ1v) is 5.53. The van der Waals surface area contributed by atoms with Gasteiger partial charge in [-0.25, -0.2) is 0 Å². The maximum Gasteiger partial charge on any atom is 0.141 e. The Morgan fingerprint density at radius 2 is 2.35 bits per heavy atom. The monoisotopic (exact) mass is 236 g/mol. The maximum atomic E-state index is 7.35. The highest BCUT2D eigenvalue weighted by atomic mass is 16.5. The number of nitrogen functional groups attached to an aromatic ring is 1. The third-order valence-electron chi connectivity index (χ3n) is 2.69. The fraction of sp³-hybridized carbons (Fsp3) is 0.500. The lowest BCUT2D eigenvalue weighted by atomic mass is 10.2. The molecule has 0 spiro atoms. The second kappa shape index (κ2) is 6.32. The summed E-state index contributed by atoms with van der Waals surface area (Å²) in [4.78, 5) is 6.22. The molecule has 1 unspecified atom stereocenters. The van der Waals surface area contributed by atoms with Gasteiger partial charge in [-0.2, -0.15) is 0 Å². The van der Waals surface area contributed by atoms with Crippen LogP contribution in [0, 0.1) is 5.41 Å². The molecule has 0 fully saturated rings. The zero-order valence-corrected chi connectivity index (χ0v) is 10.6. The van der Waals surface area contributed by atoms with Crippen LogP contribution in [0.5, 0.6) is 0 Å². The molecule has 0 radical (unpaired) electrons. The summed E-state index contributed by atoms with van der Waals surface area (Å²) in [6.45, 7) is 3.59. The highest BCUT2D eigenvalue weighted by molar-refractivity contribution is 5.93. The molecule has 0 aliphatic heterocycles. The van der Waals surface area contributed by atoms with Gasteiger partial charge in [-0.15, -0.1) is 0 Å². The van der Waals surface area contributed by atoms with Crippen molar-refractivity contribution in [2.45, 2.75) is 19.5 Å². The van der Waals surface area contributed by atoms with Crippen molar-refractivity contribution in [2.24, 2.45) is 5.73 Å². The molecule has 94 valence electrons. The van der Waals surface area contributed by atoms with E-state index in [1.54, 1.807) is 13.3 Å². The molecular weight excluding hydrogens is 216 g/mol. The molecule has 0 saturated heterocycles. The van der Waals surface area contributed by atoms with E-state index in [1.807, 2.05) is 19.2 Å². The lowest BCUT2D eigenvalue weighted by molar-refractivity contribution is 0.112. The van der Waals surface area contributed by atoms with Crippen LogP contribution in [0.25, 0.3) is 0 Å². The van der Waals surface area contributed by atoms with Crippen LogP contribution in [-0.4, -0.2) is 42.5 Å². The quantitative estimate of drug-likeness (QED) is 0.566. The Kier molecular flexibility index (Phi) is 5.06. The number of hydrogen-bond acceptors (Lipinski definition) is 4. The topological polar surface area (TPSA) is 75.2 Å². The minimum absolute atomic E-state index is 0.000516. The molecule has 5 nitrogen and oxygen atoms in total. The van der Waals surface area contributed by atoms with Gasteiger partial charge in [-0.1, -0.05) is 0 Å². The number of hydrogen-bond donors (Lipinski definition) is 2. The van der Waals surface area contributed by atoms with Crippen LogP contribution in [0.4, 0.5) is 0 Å². The van der Waals surface area contributed by atoms with Crippen molar-refractivity contribution in [1.82, 2.24) is 9.88 Å². The first-order chi connectivity index (χ1) is 8.04. The van der Waals surface area contributed by atoms with Crippen molar-refractivity contribution >= 4 is 5.84 Å². The van der Waals surface area contributed by atoms with Gasteiger partial charge in [0, 0.05) is 25.9 Å². The molecule has 17 heavy (non-hydrogen) atoms. The van der Waals surface area contributed by atoms with Crippen LogP contribution in [0.2, 0.25) is 0 Å². The Bertz CT molecular complexity index is 381. The van der Waals surface area contributed by atoms with E-state index in [9.17, 15) is 0 Å². The summed E-state index contributed by atoms with van der Waals surface area (Å²) in [6.07, 6.45) is 1.68. The largest absolute Gasteiger partial charge is 0.383 e. The van der Waals surface area contributed by atoms with Crippen LogP contribution < -0.4 is 5.73 Å². The lowest BCUT2D eigenvalue weighted by Gasteiger charge is -2.24. The van der Waals surface area contributed by atoms with Crippen molar-refractivity contribution in [1.29, 1.82) is 5.41 Å². The molecule has 1 rings (SSSR count). The molecule has 5 heteroatoms. The molecule has 1 heterocycles. The van der Waals surface area contributed by atoms with E-state index in [2.05, 4.69) is 16.8 Å². The molecule has 3 N–H and O–H groups in total. The van der Waals surface area contributed by atoms with Gasteiger partial charge in [-0.05, 0) is 31.7 Å². The number of amidine groups is 1. The van der Waals surface area contributed by atoms with Crippen molar-refractivity contribution in [3.63, 3.8) is 0 Å². The fourth-order valence-electron chi connectivity index (χ4n) is 1.53. The number of pyridine rings is 1. The van der Waals surface area contributed by atoms with E-state index in [4.69, 9.17) is 15.9 Å². The fourth-order valence-corrected chi connectivity index (χ4v) is 1.53. The van der Waals surface area contributed by atoms with E-state index < -0.39 is 0 Å². The minimum Gasteiger partial charge on any atom is -0.383 e. The van der Waals surface area contributed by atoms with E-state index in [-0.39, 0.29) is 5.84 Å². The molecule has 1 aromatic heterocycles. The van der Waals surface area contributed by atoms with E-state index in [0.717, 1.165) is 12.1 Å². The second-order valence-electron chi connectivity index (χ2n) is 4.18. The number of nitrogens with zero attached hydrogens (tertiary/aromatic N) is 2. The Morgan fingerprint density at radius 1 is 1.65 bits per heavy atom. The van der Waals surface area contributed by atoms with Gasteiger partial charge in [0.05, 0.1) is 6.61 Å². The zero-order valence-electron chi connectivity index (χ0n) is 10.6. The highest BCUT2D eigenvalue weighted by Gasteiger charge is 2.09. The van der Waals surface area contributed by atoms with Crippen LogP contribution in [0.1, 0.15) is 18.2 Å². The normalized spacial score (nSPS) is 12.7. The van der Waals surface area contributed by atoms with Crippen LogP contribution in [0.15, 0.2) is 18.3 Å². The Labute approximate surface area is 102 Å². The summed E-state index contributed by atoms with van der Waals surface area (Å²) < 4.78 is 5.12. The zero-order chi connectivity index (χ0) is 12.8. The first kappa shape index (κ1) is 13.6. The predicted octanol–water partition coefficient (Wildman–Crippen LogP) is 0.832. The Morgan fingerprint density at radius 3 is 2.94 bits per heavy atom. The molecule has 1 atom stereocenters. The Hall–Kier alpha value is -1.46. The number of aromatic nitrogens is 1. The summed E-state index contributed by atoms with van der Waals surface area (Å²) in [5, 5.41) is 7.35. The van der Waals surface area contributed by atoms with Gasteiger partial charge in [0.15, 0.2) is 0 Å². The molecular formula is C12H20N4O. The van der Waals surface area contributed by atoms with Gasteiger partial charge in [0.2, 0.25) is 0 Å². The first-order valence-electron chi connectivity index (χ1n) is 5.53. The SMILES string of the molecule is COCC(C)N(C)Cc1ccnc(C(=N)N)c1. The summed E-state index contributed by atoms with van der Waals surface area (Å²) in [5.41, 5.74) is 7.02. The van der Waals surface area contributed by atoms with Gasteiger partial charge in [0.25, 0.3) is 0 Å². The van der Waals surface area contributed by atoms with Crippen LogP contribution in [0.3, 0.4) is 0 Å². The predicted molar refractivity (Wildman–Crippen MR) is 68.1 cm³/mol. The minimum atomic E-state index is -0.000516. The average molecular weight is 236 g/mol.